The SMILES string of the molecule is Cc1nn(C)c(C)c1CNC(=O)COCc1nc(-c2ccncc2)no1. The van der Waals surface area contributed by atoms with Crippen molar-refractivity contribution in [3.63, 3.8) is 0 Å². The number of hydrogen-bond acceptors (Lipinski definition) is 7. The molecule has 3 aromatic rings. The van der Waals surface area contributed by atoms with Gasteiger partial charge >= 0.3 is 0 Å². The van der Waals surface area contributed by atoms with Crippen molar-refractivity contribution in [2.24, 2.45) is 7.05 Å². The minimum Gasteiger partial charge on any atom is -0.362 e. The van der Waals surface area contributed by atoms with Crippen LogP contribution in [0.5, 0.6) is 0 Å². The van der Waals surface area contributed by atoms with Gasteiger partial charge in [0, 0.05) is 42.8 Å². The number of aryl methyl sites for hydroxylation is 2. The van der Waals surface area contributed by atoms with Gasteiger partial charge in [-0.05, 0) is 26.0 Å². The first-order valence-electron chi connectivity index (χ1n) is 8.11. The van der Waals surface area contributed by atoms with Crippen molar-refractivity contribution < 1.29 is 14.1 Å². The lowest BCUT2D eigenvalue weighted by Gasteiger charge is -2.06. The number of amides is 1. The Labute approximate surface area is 150 Å². The molecule has 0 aromatic carbocycles. The average molecular weight is 356 g/mol. The predicted molar refractivity (Wildman–Crippen MR) is 91.7 cm³/mol. The maximum atomic E-state index is 11.9. The predicted octanol–water partition coefficient (Wildman–Crippen LogP) is 1.31. The Kier molecular flexibility index (Phi) is 5.37. The summed E-state index contributed by atoms with van der Waals surface area (Å²) in [6, 6.07) is 3.57. The number of ether oxygens (including phenoxy) is 1. The van der Waals surface area contributed by atoms with E-state index in [-0.39, 0.29) is 19.1 Å². The van der Waals surface area contributed by atoms with Gasteiger partial charge in [-0.25, -0.2) is 0 Å². The number of hydrogen-bond donors (Lipinski definition) is 1. The molecule has 0 saturated carbocycles. The molecule has 0 aliphatic carbocycles. The van der Waals surface area contributed by atoms with E-state index >= 15 is 0 Å². The van der Waals surface area contributed by atoms with Gasteiger partial charge in [-0.2, -0.15) is 10.1 Å². The summed E-state index contributed by atoms with van der Waals surface area (Å²) in [4.78, 5) is 20.1. The van der Waals surface area contributed by atoms with Gasteiger partial charge in [-0.3, -0.25) is 14.5 Å². The number of carbonyl (C=O) groups is 1. The Morgan fingerprint density at radius 1 is 1.31 bits per heavy atom. The number of nitrogens with zero attached hydrogens (tertiary/aromatic N) is 5. The maximum Gasteiger partial charge on any atom is 0.252 e. The molecule has 3 aromatic heterocycles. The highest BCUT2D eigenvalue weighted by atomic mass is 16.5. The zero-order valence-electron chi connectivity index (χ0n) is 14.9. The van der Waals surface area contributed by atoms with Gasteiger partial charge < -0.3 is 14.6 Å². The normalized spacial score (nSPS) is 10.9. The van der Waals surface area contributed by atoms with Crippen LogP contribution in [0.3, 0.4) is 0 Å². The van der Waals surface area contributed by atoms with Gasteiger partial charge in [0.15, 0.2) is 0 Å². The van der Waals surface area contributed by atoms with Gasteiger partial charge in [0.1, 0.15) is 13.2 Å². The lowest BCUT2D eigenvalue weighted by molar-refractivity contribution is -0.126. The van der Waals surface area contributed by atoms with E-state index < -0.39 is 0 Å². The lowest BCUT2D eigenvalue weighted by atomic mass is 10.2. The van der Waals surface area contributed by atoms with E-state index in [4.69, 9.17) is 9.26 Å². The quantitative estimate of drug-likeness (QED) is 0.680. The molecule has 3 rings (SSSR count). The van der Waals surface area contributed by atoms with Crippen LogP contribution in [0.15, 0.2) is 29.0 Å². The summed E-state index contributed by atoms with van der Waals surface area (Å²) < 4.78 is 12.3. The third kappa shape index (κ3) is 4.12. The number of aromatic nitrogens is 5. The average Bonchev–Trinajstić information content (AvgIpc) is 3.20. The molecule has 0 saturated heterocycles. The Morgan fingerprint density at radius 2 is 2.08 bits per heavy atom. The fourth-order valence-corrected chi connectivity index (χ4v) is 2.47. The van der Waals surface area contributed by atoms with E-state index in [1.807, 2.05) is 20.9 Å². The number of pyridine rings is 1. The van der Waals surface area contributed by atoms with Crippen LogP contribution in [0.25, 0.3) is 11.4 Å². The standard InChI is InChI=1S/C17H20N6O3/c1-11-14(12(2)23(3)21-11)8-19-15(24)9-25-10-16-20-17(22-26-16)13-4-6-18-7-5-13/h4-7H,8-10H2,1-3H3,(H,19,24). The molecule has 0 radical (unpaired) electrons. The summed E-state index contributed by atoms with van der Waals surface area (Å²) in [6.45, 7) is 4.27. The van der Waals surface area contributed by atoms with E-state index in [9.17, 15) is 4.79 Å². The molecule has 3 heterocycles. The Hall–Kier alpha value is -3.07. The van der Waals surface area contributed by atoms with Crippen molar-refractivity contribution in [3.05, 3.63) is 47.4 Å². The Balaban J connectivity index is 1.45. The van der Waals surface area contributed by atoms with Gasteiger partial charge in [-0.15, -0.1) is 0 Å². The Bertz CT molecular complexity index is 887. The van der Waals surface area contributed by atoms with Crippen LogP contribution < -0.4 is 5.32 Å². The third-order valence-corrected chi connectivity index (χ3v) is 3.99. The summed E-state index contributed by atoms with van der Waals surface area (Å²) in [5, 5.41) is 11.0. The summed E-state index contributed by atoms with van der Waals surface area (Å²) in [5.74, 6) is 0.545. The molecule has 0 atom stereocenters. The molecule has 0 spiro atoms. The van der Waals surface area contributed by atoms with E-state index in [1.165, 1.54) is 0 Å². The summed E-state index contributed by atoms with van der Waals surface area (Å²) in [6.07, 6.45) is 3.30. The van der Waals surface area contributed by atoms with E-state index in [1.54, 1.807) is 29.2 Å². The third-order valence-electron chi connectivity index (χ3n) is 3.99. The molecule has 1 N–H and O–H groups in total. The smallest absolute Gasteiger partial charge is 0.252 e. The van der Waals surface area contributed by atoms with Crippen molar-refractivity contribution in [1.29, 1.82) is 0 Å². The summed E-state index contributed by atoms with van der Waals surface area (Å²) in [7, 11) is 1.88. The molecule has 136 valence electrons. The van der Waals surface area contributed by atoms with Crippen LogP contribution in [0.1, 0.15) is 22.8 Å². The van der Waals surface area contributed by atoms with E-state index in [2.05, 4.69) is 25.5 Å². The first-order chi connectivity index (χ1) is 12.5. The van der Waals surface area contributed by atoms with Crippen molar-refractivity contribution in [2.45, 2.75) is 27.0 Å². The minimum absolute atomic E-state index is 0.0659. The van der Waals surface area contributed by atoms with Crippen molar-refractivity contribution in [3.8, 4) is 11.4 Å². The second-order valence-electron chi connectivity index (χ2n) is 5.79. The highest BCUT2D eigenvalue weighted by Crippen LogP contribution is 2.14. The van der Waals surface area contributed by atoms with Gasteiger partial charge in [-0.1, -0.05) is 5.16 Å². The van der Waals surface area contributed by atoms with Crippen LogP contribution in [0.2, 0.25) is 0 Å². The first kappa shape index (κ1) is 17.7. The van der Waals surface area contributed by atoms with Gasteiger partial charge in [0.05, 0.1) is 5.69 Å². The Morgan fingerprint density at radius 3 is 2.77 bits per heavy atom. The van der Waals surface area contributed by atoms with Gasteiger partial charge in [0.2, 0.25) is 11.7 Å². The summed E-state index contributed by atoms with van der Waals surface area (Å²) in [5.41, 5.74) is 3.74. The lowest BCUT2D eigenvalue weighted by Crippen LogP contribution is -2.27. The molecule has 0 aliphatic rings. The fourth-order valence-electron chi connectivity index (χ4n) is 2.47. The molecule has 9 nitrogen and oxygen atoms in total. The summed E-state index contributed by atoms with van der Waals surface area (Å²) >= 11 is 0. The topological polar surface area (TPSA) is 108 Å². The van der Waals surface area contributed by atoms with Crippen LogP contribution in [-0.2, 0) is 29.7 Å². The van der Waals surface area contributed by atoms with Crippen LogP contribution in [0, 0.1) is 13.8 Å². The number of rotatable bonds is 7. The molecule has 1 amide bonds. The zero-order valence-corrected chi connectivity index (χ0v) is 14.9. The second kappa shape index (κ2) is 7.87. The molecule has 26 heavy (non-hydrogen) atoms. The first-order valence-corrected chi connectivity index (χ1v) is 8.11. The number of nitrogens with one attached hydrogen (secondary N) is 1. The largest absolute Gasteiger partial charge is 0.362 e. The minimum atomic E-state index is -0.221. The van der Waals surface area contributed by atoms with Crippen molar-refractivity contribution in [1.82, 2.24) is 30.2 Å². The molecule has 0 bridgehead atoms. The van der Waals surface area contributed by atoms with Crippen LogP contribution in [0.4, 0.5) is 0 Å². The molecule has 0 unspecified atom stereocenters. The molecule has 0 fully saturated rings. The maximum absolute atomic E-state index is 11.9. The van der Waals surface area contributed by atoms with Crippen molar-refractivity contribution >= 4 is 5.91 Å². The molecular weight excluding hydrogens is 336 g/mol. The molecule has 0 aliphatic heterocycles. The highest BCUT2D eigenvalue weighted by molar-refractivity contribution is 5.77. The fraction of sp³-hybridized carbons (Fsp3) is 0.353. The van der Waals surface area contributed by atoms with Gasteiger partial charge in [0.25, 0.3) is 5.89 Å². The zero-order chi connectivity index (χ0) is 18.5. The highest BCUT2D eigenvalue weighted by Gasteiger charge is 2.12. The number of carbonyl (C=O) groups excluding carboxylic acids is 1. The monoisotopic (exact) mass is 356 g/mol. The van der Waals surface area contributed by atoms with E-state index in [0.29, 0.717) is 18.3 Å². The van der Waals surface area contributed by atoms with E-state index in [0.717, 1.165) is 22.5 Å². The van der Waals surface area contributed by atoms with Crippen LogP contribution >= 0.6 is 0 Å². The molecule has 9 heteroatoms. The second-order valence-corrected chi connectivity index (χ2v) is 5.79. The molecular formula is C17H20N6O3. The van der Waals surface area contributed by atoms with Crippen molar-refractivity contribution in [2.75, 3.05) is 6.61 Å². The van der Waals surface area contributed by atoms with Crippen LogP contribution in [-0.4, -0.2) is 37.4 Å².